The molecule has 0 bridgehead atoms. The summed E-state index contributed by atoms with van der Waals surface area (Å²) < 4.78 is 5.50. The van der Waals surface area contributed by atoms with Crippen molar-refractivity contribution in [3.8, 4) is 5.75 Å². The molecule has 1 aliphatic carbocycles. The number of fused-ring (bicyclic) bond motifs is 2. The highest BCUT2D eigenvalue weighted by atomic mass is 32.1. The minimum absolute atomic E-state index is 0.275. The summed E-state index contributed by atoms with van der Waals surface area (Å²) in [5.41, 5.74) is 3.87. The Morgan fingerprint density at radius 1 is 1.26 bits per heavy atom. The van der Waals surface area contributed by atoms with Gasteiger partial charge in [-0.25, -0.2) is 9.97 Å². The molecule has 2 heterocycles. The van der Waals surface area contributed by atoms with Crippen LogP contribution in [0, 0.1) is 13.8 Å². The summed E-state index contributed by atoms with van der Waals surface area (Å²) in [5.74, 6) is 2.75. The van der Waals surface area contributed by atoms with Crippen molar-refractivity contribution in [3.63, 3.8) is 0 Å². The molecule has 0 fully saturated rings. The van der Waals surface area contributed by atoms with Crippen molar-refractivity contribution in [2.75, 3.05) is 12.4 Å². The van der Waals surface area contributed by atoms with Crippen LogP contribution in [-0.2, 0) is 6.42 Å². The molecule has 1 aliphatic rings. The first-order chi connectivity index (χ1) is 11.2. The van der Waals surface area contributed by atoms with E-state index in [1.54, 1.807) is 18.4 Å². The first kappa shape index (κ1) is 14.5. The van der Waals surface area contributed by atoms with Gasteiger partial charge in [0.1, 0.15) is 22.2 Å². The Morgan fingerprint density at radius 3 is 2.96 bits per heavy atom. The van der Waals surface area contributed by atoms with Gasteiger partial charge in [0.25, 0.3) is 0 Å². The molecule has 3 aromatic rings. The molecule has 4 rings (SSSR count). The molecular weight excluding hydrogens is 306 g/mol. The normalized spacial score (nSPS) is 16.6. The van der Waals surface area contributed by atoms with Crippen molar-refractivity contribution in [1.82, 2.24) is 9.97 Å². The van der Waals surface area contributed by atoms with Crippen LogP contribution in [0.1, 0.15) is 35.0 Å². The molecule has 5 heteroatoms. The first-order valence-corrected chi connectivity index (χ1v) is 8.70. The molecule has 4 nitrogen and oxygen atoms in total. The van der Waals surface area contributed by atoms with E-state index in [2.05, 4.69) is 39.7 Å². The van der Waals surface area contributed by atoms with Gasteiger partial charge in [0.15, 0.2) is 0 Å². The molecule has 0 spiro atoms. The second kappa shape index (κ2) is 5.49. The molecule has 2 aromatic heterocycles. The smallest absolute Gasteiger partial charge is 0.139 e. The number of rotatable bonds is 3. The van der Waals surface area contributed by atoms with Crippen molar-refractivity contribution in [1.29, 1.82) is 0 Å². The quantitative estimate of drug-likeness (QED) is 0.774. The molecule has 23 heavy (non-hydrogen) atoms. The SMILES string of the molecule is COc1cccc2c1CCC2Nc1nc(C)nc2scc(C)c12. The third-order valence-electron chi connectivity index (χ3n) is 4.49. The molecule has 0 saturated heterocycles. The predicted molar refractivity (Wildman–Crippen MR) is 94.6 cm³/mol. The van der Waals surface area contributed by atoms with Gasteiger partial charge < -0.3 is 10.1 Å². The third-order valence-corrected chi connectivity index (χ3v) is 5.48. The Balaban J connectivity index is 1.75. The van der Waals surface area contributed by atoms with Gasteiger partial charge in [-0.1, -0.05) is 12.1 Å². The summed E-state index contributed by atoms with van der Waals surface area (Å²) in [6.45, 7) is 4.07. The van der Waals surface area contributed by atoms with E-state index >= 15 is 0 Å². The van der Waals surface area contributed by atoms with E-state index in [0.29, 0.717) is 0 Å². The zero-order valence-corrected chi connectivity index (χ0v) is 14.3. The van der Waals surface area contributed by atoms with E-state index < -0.39 is 0 Å². The van der Waals surface area contributed by atoms with Crippen molar-refractivity contribution in [2.45, 2.75) is 32.7 Å². The lowest BCUT2D eigenvalue weighted by Gasteiger charge is -2.16. The third kappa shape index (κ3) is 2.36. The van der Waals surface area contributed by atoms with Gasteiger partial charge in [-0.05, 0) is 54.8 Å². The van der Waals surface area contributed by atoms with Crippen molar-refractivity contribution >= 4 is 27.4 Å². The maximum absolute atomic E-state index is 5.50. The number of nitrogens with one attached hydrogen (secondary N) is 1. The maximum Gasteiger partial charge on any atom is 0.139 e. The molecule has 1 N–H and O–H groups in total. The number of aryl methyl sites for hydroxylation is 2. The molecule has 118 valence electrons. The highest BCUT2D eigenvalue weighted by molar-refractivity contribution is 7.17. The summed E-state index contributed by atoms with van der Waals surface area (Å²) in [7, 11) is 1.74. The van der Waals surface area contributed by atoms with Crippen molar-refractivity contribution < 1.29 is 4.74 Å². The van der Waals surface area contributed by atoms with Crippen LogP contribution in [0.5, 0.6) is 5.75 Å². The van der Waals surface area contributed by atoms with E-state index in [4.69, 9.17) is 4.74 Å². The average Bonchev–Trinajstić information content (AvgIpc) is 3.11. The van der Waals surface area contributed by atoms with Gasteiger partial charge >= 0.3 is 0 Å². The summed E-state index contributed by atoms with van der Waals surface area (Å²) in [4.78, 5) is 10.3. The molecule has 0 aliphatic heterocycles. The lowest BCUT2D eigenvalue weighted by Crippen LogP contribution is -2.10. The highest BCUT2D eigenvalue weighted by Gasteiger charge is 2.26. The summed E-state index contributed by atoms with van der Waals surface area (Å²) >= 11 is 1.68. The number of thiophene rings is 1. The average molecular weight is 325 g/mol. The lowest BCUT2D eigenvalue weighted by atomic mass is 10.1. The Hall–Kier alpha value is -2.14. The molecule has 1 unspecified atom stereocenters. The number of ether oxygens (including phenoxy) is 1. The predicted octanol–water partition coefficient (Wildman–Crippen LogP) is 4.42. The Morgan fingerprint density at radius 2 is 2.13 bits per heavy atom. The zero-order valence-electron chi connectivity index (χ0n) is 13.5. The minimum Gasteiger partial charge on any atom is -0.496 e. The lowest BCUT2D eigenvalue weighted by molar-refractivity contribution is 0.410. The van der Waals surface area contributed by atoms with E-state index in [1.807, 2.05) is 13.0 Å². The Kier molecular flexibility index (Phi) is 3.45. The number of aromatic nitrogens is 2. The summed E-state index contributed by atoms with van der Waals surface area (Å²) in [6, 6.07) is 6.57. The molecule has 1 atom stereocenters. The molecular formula is C18H19N3OS. The number of anilines is 1. The number of nitrogens with zero attached hydrogens (tertiary/aromatic N) is 2. The van der Waals surface area contributed by atoms with Gasteiger partial charge in [-0.2, -0.15) is 0 Å². The Labute approximate surface area is 139 Å². The van der Waals surface area contributed by atoms with E-state index in [1.165, 1.54) is 16.7 Å². The first-order valence-electron chi connectivity index (χ1n) is 7.82. The van der Waals surface area contributed by atoms with Crippen molar-refractivity contribution in [2.24, 2.45) is 0 Å². The van der Waals surface area contributed by atoms with Gasteiger partial charge in [-0.3, -0.25) is 0 Å². The van der Waals surface area contributed by atoms with Crippen LogP contribution >= 0.6 is 11.3 Å². The van der Waals surface area contributed by atoms with Crippen LogP contribution in [0.25, 0.3) is 10.2 Å². The fourth-order valence-electron chi connectivity index (χ4n) is 3.42. The van der Waals surface area contributed by atoms with Crippen molar-refractivity contribution in [3.05, 3.63) is 46.1 Å². The van der Waals surface area contributed by atoms with E-state index in [0.717, 1.165) is 40.5 Å². The largest absolute Gasteiger partial charge is 0.496 e. The summed E-state index contributed by atoms with van der Waals surface area (Å²) in [5, 5.41) is 6.96. The monoisotopic (exact) mass is 325 g/mol. The number of hydrogen-bond donors (Lipinski definition) is 1. The number of methoxy groups -OCH3 is 1. The Bertz CT molecular complexity index is 887. The van der Waals surface area contributed by atoms with Gasteiger partial charge in [0.2, 0.25) is 0 Å². The van der Waals surface area contributed by atoms with Crippen LogP contribution < -0.4 is 10.1 Å². The maximum atomic E-state index is 5.50. The van der Waals surface area contributed by atoms with E-state index in [-0.39, 0.29) is 6.04 Å². The highest BCUT2D eigenvalue weighted by Crippen LogP contribution is 2.40. The second-order valence-electron chi connectivity index (χ2n) is 5.98. The molecule has 0 radical (unpaired) electrons. The van der Waals surface area contributed by atoms with E-state index in [9.17, 15) is 0 Å². The van der Waals surface area contributed by atoms with Crippen LogP contribution in [0.3, 0.4) is 0 Å². The topological polar surface area (TPSA) is 47.0 Å². The second-order valence-corrected chi connectivity index (χ2v) is 6.84. The fourth-order valence-corrected chi connectivity index (χ4v) is 4.39. The van der Waals surface area contributed by atoms with Gasteiger partial charge in [-0.15, -0.1) is 11.3 Å². The van der Waals surface area contributed by atoms with Gasteiger partial charge in [0.05, 0.1) is 18.5 Å². The van der Waals surface area contributed by atoms with Crippen LogP contribution in [0.2, 0.25) is 0 Å². The summed E-state index contributed by atoms with van der Waals surface area (Å²) in [6.07, 6.45) is 2.09. The number of hydrogen-bond acceptors (Lipinski definition) is 5. The van der Waals surface area contributed by atoms with Crippen LogP contribution in [-0.4, -0.2) is 17.1 Å². The minimum atomic E-state index is 0.275. The van der Waals surface area contributed by atoms with Crippen LogP contribution in [0.15, 0.2) is 23.6 Å². The molecule has 1 aromatic carbocycles. The zero-order chi connectivity index (χ0) is 16.0. The standard InChI is InChI=1S/C18H19N3OS/c1-10-9-23-18-16(10)17(19-11(2)20-18)21-14-8-7-13-12(14)5-4-6-15(13)22-3/h4-6,9,14H,7-8H2,1-3H3,(H,19,20,21). The molecule has 0 saturated carbocycles. The van der Waals surface area contributed by atoms with Gasteiger partial charge in [0, 0.05) is 0 Å². The van der Waals surface area contributed by atoms with Crippen LogP contribution in [0.4, 0.5) is 5.82 Å². The molecule has 0 amide bonds. The fraction of sp³-hybridized carbons (Fsp3) is 0.333. The number of benzene rings is 1.